The fourth-order valence-electron chi connectivity index (χ4n) is 8.62. The predicted octanol–water partition coefficient (Wildman–Crippen LogP) is 4.69. The average Bonchev–Trinajstić information content (AvgIpc) is 3.74. The molecule has 3 aliphatic heterocycles. The minimum atomic E-state index is -0.561. The van der Waals surface area contributed by atoms with E-state index in [-0.39, 0.29) is 52.8 Å². The quantitative estimate of drug-likeness (QED) is 0.244. The van der Waals surface area contributed by atoms with E-state index < -0.39 is 19.2 Å². The van der Waals surface area contributed by atoms with Crippen LogP contribution in [0.4, 0.5) is 9.59 Å². The molecule has 0 aromatic heterocycles. The first-order valence-corrected chi connectivity index (χ1v) is 18.3. The first-order chi connectivity index (χ1) is 24.1. The zero-order valence-corrected chi connectivity index (χ0v) is 31.5. The molecule has 3 heterocycles. The molecule has 2 bridgehead atoms. The molecule has 13 heteroatoms. The van der Waals surface area contributed by atoms with Crippen molar-refractivity contribution in [1.29, 1.82) is 5.26 Å². The second-order valence-electron chi connectivity index (χ2n) is 16.5. The van der Waals surface area contributed by atoms with Gasteiger partial charge in [-0.25, -0.2) is 9.59 Å². The van der Waals surface area contributed by atoms with Crippen LogP contribution >= 0.6 is 0 Å². The smallest absolute Gasteiger partial charge is 0.453 e. The van der Waals surface area contributed by atoms with Crippen molar-refractivity contribution in [2.24, 2.45) is 23.2 Å². The van der Waals surface area contributed by atoms with Crippen molar-refractivity contribution in [3.05, 3.63) is 48.0 Å². The molecule has 12 nitrogen and oxygen atoms in total. The molecular weight excluding hydrogens is 649 g/mol. The molecule has 51 heavy (non-hydrogen) atoms. The van der Waals surface area contributed by atoms with Crippen molar-refractivity contribution in [1.82, 2.24) is 20.0 Å². The summed E-state index contributed by atoms with van der Waals surface area (Å²) in [7, 11) is 0.868. The zero-order valence-electron chi connectivity index (χ0n) is 31.5. The van der Waals surface area contributed by atoms with Crippen LogP contribution in [0.25, 0.3) is 0 Å². The van der Waals surface area contributed by atoms with Gasteiger partial charge in [-0.2, -0.15) is 5.26 Å². The van der Waals surface area contributed by atoms with Crippen molar-refractivity contribution < 1.29 is 33.2 Å². The highest BCUT2D eigenvalue weighted by Gasteiger charge is 2.68. The number of carbonyl (C=O) groups is 3. The van der Waals surface area contributed by atoms with Gasteiger partial charge >= 0.3 is 19.3 Å². The van der Waals surface area contributed by atoms with E-state index in [4.69, 9.17) is 19.3 Å². The molecule has 1 aromatic rings. The molecule has 6 atom stereocenters. The normalized spacial score (nSPS) is 28.6. The Hall–Kier alpha value is -3.60. The molecule has 7 rings (SSSR count). The maximum absolute atomic E-state index is 12.9. The van der Waals surface area contributed by atoms with Crippen molar-refractivity contribution in [3.8, 4) is 6.07 Å². The molecule has 6 fully saturated rings. The van der Waals surface area contributed by atoms with Gasteiger partial charge in [-0.15, -0.1) is 0 Å². The molecule has 6 aliphatic rings. The van der Waals surface area contributed by atoms with Crippen LogP contribution in [-0.4, -0.2) is 116 Å². The summed E-state index contributed by atoms with van der Waals surface area (Å²) in [5.41, 5.74) is 1.07. The first-order valence-electron chi connectivity index (χ1n) is 18.3. The van der Waals surface area contributed by atoms with Crippen LogP contribution in [0, 0.1) is 34.5 Å². The Labute approximate surface area is 303 Å². The Morgan fingerprint density at radius 1 is 1.08 bits per heavy atom. The highest BCUT2D eigenvalue weighted by Crippen LogP contribution is 2.65. The molecule has 4 unspecified atom stereocenters. The summed E-state index contributed by atoms with van der Waals surface area (Å²) in [5, 5.41) is 11.9. The molecule has 1 aromatic carbocycles. The van der Waals surface area contributed by atoms with Crippen LogP contribution in [0.15, 0.2) is 42.5 Å². The van der Waals surface area contributed by atoms with E-state index in [9.17, 15) is 14.4 Å². The van der Waals surface area contributed by atoms with Crippen LogP contribution in [0.1, 0.15) is 66.4 Å². The molecule has 3 amide bonds. The summed E-state index contributed by atoms with van der Waals surface area (Å²) in [5.74, 6) is 0.334. The summed E-state index contributed by atoms with van der Waals surface area (Å²) >= 11 is 0. The van der Waals surface area contributed by atoms with Crippen molar-refractivity contribution in [2.45, 2.75) is 90.4 Å². The maximum Gasteiger partial charge on any atom is 0.482 e. The van der Waals surface area contributed by atoms with E-state index in [2.05, 4.69) is 63.1 Å². The molecule has 3 saturated carbocycles. The summed E-state index contributed by atoms with van der Waals surface area (Å²) in [4.78, 5) is 42.0. The minimum Gasteiger partial charge on any atom is -0.453 e. The van der Waals surface area contributed by atoms with Gasteiger partial charge in [0.2, 0.25) is 0 Å². The van der Waals surface area contributed by atoms with Gasteiger partial charge in [-0.05, 0) is 76.2 Å². The van der Waals surface area contributed by atoms with Gasteiger partial charge in [0.25, 0.3) is 5.91 Å². The lowest BCUT2D eigenvalue weighted by molar-refractivity contribution is -0.199. The summed E-state index contributed by atoms with van der Waals surface area (Å²) in [6.07, 6.45) is 2.70. The number of ether oxygens (including phenoxy) is 2. The lowest BCUT2D eigenvalue weighted by Crippen LogP contribution is -2.65. The monoisotopic (exact) mass is 705 g/mol. The average molecular weight is 706 g/mol. The van der Waals surface area contributed by atoms with Gasteiger partial charge in [-0.3, -0.25) is 9.69 Å². The fourth-order valence-corrected chi connectivity index (χ4v) is 8.62. The van der Waals surface area contributed by atoms with Crippen molar-refractivity contribution in [2.75, 3.05) is 53.0 Å². The number of benzene rings is 1. The lowest BCUT2D eigenvalue weighted by atomic mass is 9.43. The Morgan fingerprint density at radius 2 is 1.76 bits per heavy atom. The Kier molecular flexibility index (Phi) is 11.8. The number of methoxy groups -OCH3 is 1. The number of carbonyl (C=O) groups excluding carboxylic acids is 3. The second-order valence-corrected chi connectivity index (χ2v) is 16.5. The standard InChI is InChI=1S/C28H36BN3O5.C10H20N2O2/c1-18(15-30)25(33)32-11-10-20(16-32)17-35-26(34)31-24(12-19-8-6-5-7-9-19)29-36-23-14-21-13-22(27(21,2)3)28(23,4)37-29;1-10(2,3)12-7-5-11(6-8-12)9(13)14-4/h5-9,20-24H,1,10-14,16-17H2,2-4H3,(H,31,34);5-8H2,1-4H3/t20?,21?,22?,23-,24?,28+;/m1./s1. The third-order valence-corrected chi connectivity index (χ3v) is 12.0. The molecule has 278 valence electrons. The van der Waals surface area contributed by atoms with E-state index >= 15 is 0 Å². The zero-order chi connectivity index (χ0) is 37.1. The lowest BCUT2D eigenvalue weighted by Gasteiger charge is -2.64. The minimum absolute atomic E-state index is 0.0172. The number of nitrogens with zero attached hydrogens (tertiary/aromatic N) is 4. The number of likely N-dealkylation sites (tertiary alicyclic amines) is 1. The number of alkyl carbamates (subject to hydrolysis) is 1. The topological polar surface area (TPSA) is 134 Å². The van der Waals surface area contributed by atoms with Crippen LogP contribution in [0.2, 0.25) is 0 Å². The number of nitrogens with one attached hydrogen (secondary N) is 1. The van der Waals surface area contributed by atoms with Gasteiger partial charge in [0.15, 0.2) is 0 Å². The van der Waals surface area contributed by atoms with E-state index in [0.717, 1.165) is 44.6 Å². The van der Waals surface area contributed by atoms with E-state index in [0.29, 0.717) is 37.8 Å². The van der Waals surface area contributed by atoms with Gasteiger partial charge in [0, 0.05) is 50.7 Å². The maximum atomic E-state index is 12.9. The number of nitriles is 1. The van der Waals surface area contributed by atoms with E-state index in [1.807, 2.05) is 30.3 Å². The van der Waals surface area contributed by atoms with Gasteiger partial charge in [0.1, 0.15) is 11.6 Å². The molecule has 3 aliphatic carbocycles. The molecule has 1 N–H and O–H groups in total. The van der Waals surface area contributed by atoms with Crippen LogP contribution in [0.5, 0.6) is 0 Å². The first kappa shape index (κ1) is 38.6. The molecule has 3 saturated heterocycles. The third kappa shape index (κ3) is 8.56. The largest absolute Gasteiger partial charge is 0.482 e. The van der Waals surface area contributed by atoms with Crippen LogP contribution in [0.3, 0.4) is 0 Å². The van der Waals surface area contributed by atoms with E-state index in [1.165, 1.54) is 7.11 Å². The summed E-state index contributed by atoms with van der Waals surface area (Å²) in [6.45, 7) is 21.5. The Bertz CT molecular complexity index is 1470. The van der Waals surface area contributed by atoms with Gasteiger partial charge in [0.05, 0.1) is 31.4 Å². The number of amides is 3. The highest BCUT2D eigenvalue weighted by molar-refractivity contribution is 6.47. The Morgan fingerprint density at radius 3 is 2.37 bits per heavy atom. The van der Waals surface area contributed by atoms with Crippen molar-refractivity contribution >= 4 is 25.2 Å². The number of rotatable bonds is 7. The number of hydrogen-bond donors (Lipinski definition) is 1. The van der Waals surface area contributed by atoms with Crippen molar-refractivity contribution in [3.63, 3.8) is 0 Å². The SMILES string of the molecule is C=C(C#N)C(=O)N1CCC(COC(=O)NC(Cc2ccccc2)B2O[C@@H]3CC4CC(C4(C)C)[C@]3(C)O2)C1.COC(=O)N1CCN(C(C)(C)C)CC1. The van der Waals surface area contributed by atoms with Gasteiger partial charge in [-0.1, -0.05) is 50.8 Å². The molecular formula is C38H56BN5O7. The van der Waals surface area contributed by atoms with E-state index in [1.54, 1.807) is 15.9 Å². The number of hydrogen-bond acceptors (Lipinski definition) is 9. The predicted molar refractivity (Wildman–Crippen MR) is 193 cm³/mol. The second kappa shape index (κ2) is 15.6. The molecule has 0 radical (unpaired) electrons. The van der Waals surface area contributed by atoms with Gasteiger partial charge < -0.3 is 33.9 Å². The van der Waals surface area contributed by atoms with Crippen LogP contribution in [-0.2, 0) is 30.0 Å². The third-order valence-electron chi connectivity index (χ3n) is 12.0. The fraction of sp³-hybridized carbons (Fsp3) is 0.684. The highest BCUT2D eigenvalue weighted by atomic mass is 16.7. The number of piperazine rings is 1. The molecule has 0 spiro atoms. The van der Waals surface area contributed by atoms with Crippen LogP contribution < -0.4 is 5.32 Å². The summed E-state index contributed by atoms with van der Waals surface area (Å²) in [6, 6.07) is 11.8. The Balaban J connectivity index is 0.000000303. The summed E-state index contributed by atoms with van der Waals surface area (Å²) < 4.78 is 23.4.